The highest BCUT2D eigenvalue weighted by molar-refractivity contribution is 6.00. The average Bonchev–Trinajstić information content (AvgIpc) is 3.17. The second-order valence-electron chi connectivity index (χ2n) is 5.07. The molecule has 3 heterocycles. The third kappa shape index (κ3) is 2.81. The molecule has 1 N–H and O–H groups in total. The maximum atomic E-state index is 12.1. The van der Waals surface area contributed by atoms with Crippen LogP contribution in [-0.4, -0.2) is 28.1 Å². The van der Waals surface area contributed by atoms with E-state index >= 15 is 0 Å². The molecule has 0 saturated carbocycles. The number of anilines is 1. The lowest BCUT2D eigenvalue weighted by atomic mass is 10.1. The van der Waals surface area contributed by atoms with Gasteiger partial charge in [-0.25, -0.2) is 0 Å². The van der Waals surface area contributed by atoms with E-state index in [2.05, 4.69) is 10.4 Å². The molecule has 0 aliphatic carbocycles. The molecule has 21 heavy (non-hydrogen) atoms. The van der Waals surface area contributed by atoms with Crippen LogP contribution in [0.5, 0.6) is 0 Å². The van der Waals surface area contributed by atoms with Crippen LogP contribution in [0.4, 0.5) is 5.69 Å². The molecule has 7 nitrogen and oxygen atoms in total. The minimum atomic E-state index is -0.340. The van der Waals surface area contributed by atoms with Gasteiger partial charge in [-0.05, 0) is 12.1 Å². The smallest absolute Gasteiger partial charge is 0.227 e. The predicted octanol–water partition coefficient (Wildman–Crippen LogP) is 0.682. The number of furan rings is 1. The second-order valence-corrected chi connectivity index (χ2v) is 5.07. The van der Waals surface area contributed by atoms with Gasteiger partial charge in [0.2, 0.25) is 11.8 Å². The van der Waals surface area contributed by atoms with Crippen LogP contribution in [0, 0.1) is 5.92 Å². The van der Waals surface area contributed by atoms with E-state index in [-0.39, 0.29) is 24.2 Å². The number of aryl methyl sites for hydroxylation is 1. The molecule has 3 rings (SSSR count). The highest BCUT2D eigenvalue weighted by Crippen LogP contribution is 2.24. The van der Waals surface area contributed by atoms with Crippen molar-refractivity contribution in [1.29, 1.82) is 0 Å². The summed E-state index contributed by atoms with van der Waals surface area (Å²) in [5, 5.41) is 6.84. The summed E-state index contributed by atoms with van der Waals surface area (Å²) in [6.45, 7) is 0.720. The molecule has 0 radical (unpaired) electrons. The van der Waals surface area contributed by atoms with Gasteiger partial charge in [-0.15, -0.1) is 0 Å². The van der Waals surface area contributed by atoms with Gasteiger partial charge in [0.25, 0.3) is 0 Å². The largest absolute Gasteiger partial charge is 0.467 e. The van der Waals surface area contributed by atoms with Gasteiger partial charge in [0.15, 0.2) is 0 Å². The van der Waals surface area contributed by atoms with Crippen molar-refractivity contribution in [3.63, 3.8) is 0 Å². The lowest BCUT2D eigenvalue weighted by Crippen LogP contribution is -2.32. The summed E-state index contributed by atoms with van der Waals surface area (Å²) in [5.74, 6) is 0.164. The van der Waals surface area contributed by atoms with Gasteiger partial charge in [-0.2, -0.15) is 5.10 Å². The van der Waals surface area contributed by atoms with Crippen LogP contribution >= 0.6 is 0 Å². The van der Waals surface area contributed by atoms with Gasteiger partial charge in [0, 0.05) is 26.2 Å². The summed E-state index contributed by atoms with van der Waals surface area (Å²) < 4.78 is 6.79. The summed E-state index contributed by atoms with van der Waals surface area (Å²) in [4.78, 5) is 25.7. The van der Waals surface area contributed by atoms with Crippen molar-refractivity contribution in [2.24, 2.45) is 13.0 Å². The molecule has 1 saturated heterocycles. The van der Waals surface area contributed by atoms with Crippen molar-refractivity contribution in [3.05, 3.63) is 36.5 Å². The van der Waals surface area contributed by atoms with E-state index in [4.69, 9.17) is 4.42 Å². The fraction of sp³-hybridized carbons (Fsp3) is 0.357. The molecule has 0 unspecified atom stereocenters. The van der Waals surface area contributed by atoms with Crippen LogP contribution in [0.2, 0.25) is 0 Å². The van der Waals surface area contributed by atoms with Crippen LogP contribution in [0.25, 0.3) is 0 Å². The van der Waals surface area contributed by atoms with E-state index in [0.29, 0.717) is 18.8 Å². The van der Waals surface area contributed by atoms with Crippen molar-refractivity contribution in [2.75, 3.05) is 11.4 Å². The van der Waals surface area contributed by atoms with Crippen LogP contribution in [0.15, 0.2) is 35.2 Å². The Morgan fingerprint density at radius 1 is 1.57 bits per heavy atom. The standard InChI is InChI=1S/C14H16N4O3/c1-17-9-11(6-16-17)18-8-10(5-13(18)19)14(20)15-7-12-3-2-4-21-12/h2-4,6,9-10H,5,7-8H2,1H3,(H,15,20)/t10-/m1/s1. The SMILES string of the molecule is Cn1cc(N2C[C@H](C(=O)NCc3ccco3)CC2=O)cn1. The molecule has 1 aliphatic heterocycles. The Labute approximate surface area is 121 Å². The Kier molecular flexibility index (Phi) is 3.47. The van der Waals surface area contributed by atoms with Crippen molar-refractivity contribution >= 4 is 17.5 Å². The molecular weight excluding hydrogens is 272 g/mol. The lowest BCUT2D eigenvalue weighted by Gasteiger charge is -2.14. The van der Waals surface area contributed by atoms with Crippen LogP contribution in [-0.2, 0) is 23.2 Å². The van der Waals surface area contributed by atoms with Gasteiger partial charge in [-0.3, -0.25) is 14.3 Å². The van der Waals surface area contributed by atoms with Crippen molar-refractivity contribution < 1.29 is 14.0 Å². The molecule has 1 fully saturated rings. The first-order chi connectivity index (χ1) is 10.1. The Balaban J connectivity index is 1.60. The number of carbonyl (C=O) groups is 2. The monoisotopic (exact) mass is 288 g/mol. The normalized spacial score (nSPS) is 18.2. The number of amides is 2. The topological polar surface area (TPSA) is 80.4 Å². The van der Waals surface area contributed by atoms with Gasteiger partial charge in [0.1, 0.15) is 5.76 Å². The predicted molar refractivity (Wildman–Crippen MR) is 74.2 cm³/mol. The van der Waals surface area contributed by atoms with Crippen LogP contribution in [0.3, 0.4) is 0 Å². The van der Waals surface area contributed by atoms with Crippen molar-refractivity contribution in [3.8, 4) is 0 Å². The molecule has 0 bridgehead atoms. The first-order valence-electron chi connectivity index (χ1n) is 6.72. The Hall–Kier alpha value is -2.57. The maximum absolute atomic E-state index is 12.1. The van der Waals surface area contributed by atoms with Crippen LogP contribution < -0.4 is 10.2 Å². The third-order valence-electron chi connectivity index (χ3n) is 3.52. The second kappa shape index (κ2) is 5.43. The molecule has 1 aliphatic rings. The van der Waals surface area contributed by atoms with E-state index in [1.54, 1.807) is 47.4 Å². The maximum Gasteiger partial charge on any atom is 0.227 e. The molecule has 2 aromatic rings. The minimum Gasteiger partial charge on any atom is -0.467 e. The van der Waals surface area contributed by atoms with Crippen molar-refractivity contribution in [2.45, 2.75) is 13.0 Å². The van der Waals surface area contributed by atoms with E-state index in [0.717, 1.165) is 5.69 Å². The van der Waals surface area contributed by atoms with Crippen LogP contribution in [0.1, 0.15) is 12.2 Å². The van der Waals surface area contributed by atoms with Gasteiger partial charge in [0.05, 0.1) is 30.6 Å². The fourth-order valence-electron chi connectivity index (χ4n) is 2.41. The molecule has 0 spiro atoms. The number of hydrogen-bond donors (Lipinski definition) is 1. The number of rotatable bonds is 4. The summed E-state index contributed by atoms with van der Waals surface area (Å²) in [7, 11) is 1.79. The van der Waals surface area contributed by atoms with E-state index in [9.17, 15) is 9.59 Å². The summed E-state index contributed by atoms with van der Waals surface area (Å²) >= 11 is 0. The molecule has 0 aromatic carbocycles. The first kappa shape index (κ1) is 13.4. The van der Waals surface area contributed by atoms with Crippen molar-refractivity contribution in [1.82, 2.24) is 15.1 Å². The lowest BCUT2D eigenvalue weighted by molar-refractivity contribution is -0.126. The molecule has 7 heteroatoms. The van der Waals surface area contributed by atoms with Gasteiger partial charge in [-0.1, -0.05) is 0 Å². The summed E-state index contributed by atoms with van der Waals surface area (Å²) in [6.07, 6.45) is 5.17. The summed E-state index contributed by atoms with van der Waals surface area (Å²) in [5.41, 5.74) is 0.726. The summed E-state index contributed by atoms with van der Waals surface area (Å²) in [6, 6.07) is 3.56. The minimum absolute atomic E-state index is 0.0545. The Morgan fingerprint density at radius 2 is 2.43 bits per heavy atom. The van der Waals surface area contributed by atoms with E-state index in [1.807, 2.05) is 0 Å². The molecule has 1 atom stereocenters. The third-order valence-corrected chi connectivity index (χ3v) is 3.52. The molecule has 2 amide bonds. The zero-order valence-corrected chi connectivity index (χ0v) is 11.7. The zero-order chi connectivity index (χ0) is 14.8. The highest BCUT2D eigenvalue weighted by Gasteiger charge is 2.35. The average molecular weight is 288 g/mol. The number of nitrogens with zero attached hydrogens (tertiary/aromatic N) is 3. The zero-order valence-electron chi connectivity index (χ0n) is 11.7. The fourth-order valence-corrected chi connectivity index (χ4v) is 2.41. The van der Waals surface area contributed by atoms with Gasteiger partial charge < -0.3 is 14.6 Å². The Morgan fingerprint density at radius 3 is 3.10 bits per heavy atom. The number of aromatic nitrogens is 2. The van der Waals surface area contributed by atoms with E-state index < -0.39 is 0 Å². The van der Waals surface area contributed by atoms with E-state index in [1.165, 1.54) is 0 Å². The molecule has 110 valence electrons. The Bertz CT molecular complexity index is 647. The molecular formula is C14H16N4O3. The quantitative estimate of drug-likeness (QED) is 0.897. The van der Waals surface area contributed by atoms with Gasteiger partial charge >= 0.3 is 0 Å². The number of nitrogens with one attached hydrogen (secondary N) is 1. The number of hydrogen-bond acceptors (Lipinski definition) is 4. The first-order valence-corrected chi connectivity index (χ1v) is 6.72. The number of carbonyl (C=O) groups excluding carboxylic acids is 2. The molecule has 2 aromatic heterocycles. The highest BCUT2D eigenvalue weighted by atomic mass is 16.3.